The Balaban J connectivity index is 2.48. The zero-order valence-electron chi connectivity index (χ0n) is 10.7. The van der Waals surface area contributed by atoms with Gasteiger partial charge in [0.1, 0.15) is 11.6 Å². The first-order chi connectivity index (χ1) is 9.15. The number of hydrogen-bond acceptors (Lipinski definition) is 3. The molecule has 0 bridgehead atoms. The Labute approximate surface area is 119 Å². The van der Waals surface area contributed by atoms with E-state index < -0.39 is 0 Å². The maximum atomic E-state index is 13.3. The predicted octanol–water partition coefficient (Wildman–Crippen LogP) is 3.30. The molecule has 0 aliphatic heterocycles. The van der Waals surface area contributed by atoms with E-state index >= 15 is 0 Å². The van der Waals surface area contributed by atoms with Gasteiger partial charge in [-0.3, -0.25) is 4.98 Å². The van der Waals surface area contributed by atoms with E-state index in [1.165, 1.54) is 12.3 Å². The fourth-order valence-corrected chi connectivity index (χ4v) is 2.35. The van der Waals surface area contributed by atoms with Crippen molar-refractivity contribution in [3.05, 3.63) is 58.1 Å². The number of pyridine rings is 1. The van der Waals surface area contributed by atoms with Gasteiger partial charge in [0.05, 0.1) is 19.3 Å². The van der Waals surface area contributed by atoms with Gasteiger partial charge in [0.15, 0.2) is 0 Å². The highest BCUT2D eigenvalue weighted by Crippen LogP contribution is 2.32. The van der Waals surface area contributed by atoms with Crippen molar-refractivity contribution >= 4 is 15.9 Å². The van der Waals surface area contributed by atoms with E-state index in [2.05, 4.69) is 26.2 Å². The molecule has 0 fully saturated rings. The number of nitrogens with zero attached hydrogens (tertiary/aromatic N) is 1. The number of ether oxygens (including phenoxy) is 1. The van der Waals surface area contributed by atoms with Crippen LogP contribution >= 0.6 is 15.9 Å². The molecule has 0 saturated carbocycles. The molecule has 0 aliphatic rings. The molecule has 1 heterocycles. The summed E-state index contributed by atoms with van der Waals surface area (Å²) in [5.74, 6) is 0.381. The van der Waals surface area contributed by atoms with E-state index in [1.807, 2.05) is 25.2 Å². The largest absolute Gasteiger partial charge is 0.496 e. The number of rotatable bonds is 4. The van der Waals surface area contributed by atoms with E-state index in [0.29, 0.717) is 0 Å². The fourth-order valence-electron chi connectivity index (χ4n) is 2.01. The molecular weight excluding hydrogens is 311 g/mol. The van der Waals surface area contributed by atoms with Crippen molar-refractivity contribution in [2.24, 2.45) is 0 Å². The highest BCUT2D eigenvalue weighted by atomic mass is 79.9. The van der Waals surface area contributed by atoms with Crippen LogP contribution in [0.1, 0.15) is 17.2 Å². The smallest absolute Gasteiger partial charge is 0.141 e. The van der Waals surface area contributed by atoms with Gasteiger partial charge < -0.3 is 10.1 Å². The zero-order chi connectivity index (χ0) is 13.8. The molecule has 0 radical (unpaired) electrons. The Hall–Kier alpha value is -1.46. The van der Waals surface area contributed by atoms with Gasteiger partial charge in [-0.2, -0.15) is 0 Å². The molecule has 3 nitrogen and oxygen atoms in total. The minimum atomic E-state index is -0.353. The summed E-state index contributed by atoms with van der Waals surface area (Å²) in [6, 6.07) is 7.04. The molecule has 1 aromatic heterocycles. The van der Waals surface area contributed by atoms with Crippen molar-refractivity contribution in [1.29, 1.82) is 0 Å². The first kappa shape index (κ1) is 14.0. The van der Waals surface area contributed by atoms with Gasteiger partial charge in [0.2, 0.25) is 0 Å². The highest BCUT2D eigenvalue weighted by Gasteiger charge is 2.17. The lowest BCUT2D eigenvalue weighted by atomic mass is 9.99. The van der Waals surface area contributed by atoms with Crippen LogP contribution in [0.15, 0.2) is 41.1 Å². The normalized spacial score (nSPS) is 12.2. The molecule has 0 amide bonds. The summed E-state index contributed by atoms with van der Waals surface area (Å²) in [5.41, 5.74) is 1.68. The average Bonchev–Trinajstić information content (AvgIpc) is 2.41. The van der Waals surface area contributed by atoms with Crippen LogP contribution in [-0.4, -0.2) is 19.1 Å². The van der Waals surface area contributed by atoms with Gasteiger partial charge >= 0.3 is 0 Å². The van der Waals surface area contributed by atoms with Crippen LogP contribution in [0.4, 0.5) is 4.39 Å². The van der Waals surface area contributed by atoms with Crippen LogP contribution in [0.3, 0.4) is 0 Å². The van der Waals surface area contributed by atoms with Crippen molar-refractivity contribution in [2.45, 2.75) is 6.04 Å². The fraction of sp³-hybridized carbons (Fsp3) is 0.214. The van der Waals surface area contributed by atoms with Crippen LogP contribution in [-0.2, 0) is 0 Å². The maximum Gasteiger partial charge on any atom is 0.141 e. The third-order valence-corrected chi connectivity index (χ3v) is 3.35. The summed E-state index contributed by atoms with van der Waals surface area (Å²) < 4.78 is 19.6. The van der Waals surface area contributed by atoms with Gasteiger partial charge in [-0.05, 0) is 30.8 Å². The lowest BCUT2D eigenvalue weighted by Gasteiger charge is -2.19. The lowest BCUT2D eigenvalue weighted by Crippen LogP contribution is -2.18. The van der Waals surface area contributed by atoms with Crippen molar-refractivity contribution in [3.8, 4) is 5.75 Å². The van der Waals surface area contributed by atoms with Gasteiger partial charge in [0.25, 0.3) is 0 Å². The van der Waals surface area contributed by atoms with E-state index in [9.17, 15) is 4.39 Å². The van der Waals surface area contributed by atoms with E-state index in [1.54, 1.807) is 13.3 Å². The number of benzene rings is 1. The SMILES string of the molecule is CNC(c1cncc(F)c1)c1ccc(Br)cc1OC. The second-order valence-electron chi connectivity index (χ2n) is 4.04. The molecule has 0 spiro atoms. The van der Waals surface area contributed by atoms with E-state index in [4.69, 9.17) is 4.74 Å². The van der Waals surface area contributed by atoms with Gasteiger partial charge in [-0.15, -0.1) is 0 Å². The second-order valence-corrected chi connectivity index (χ2v) is 4.96. The molecule has 1 N–H and O–H groups in total. The van der Waals surface area contributed by atoms with Crippen LogP contribution < -0.4 is 10.1 Å². The number of aromatic nitrogens is 1. The standard InChI is InChI=1S/C14H14BrFN2O/c1-17-14(9-5-11(16)8-18-7-9)12-4-3-10(15)6-13(12)19-2/h3-8,14,17H,1-2H3. The Bertz CT molecular complexity index is 577. The minimum Gasteiger partial charge on any atom is -0.496 e. The van der Waals surface area contributed by atoms with Gasteiger partial charge in [-0.25, -0.2) is 4.39 Å². The van der Waals surface area contributed by atoms with Crippen molar-refractivity contribution in [2.75, 3.05) is 14.2 Å². The summed E-state index contributed by atoms with van der Waals surface area (Å²) in [7, 11) is 3.43. The van der Waals surface area contributed by atoms with Crippen LogP contribution in [0.5, 0.6) is 5.75 Å². The first-order valence-electron chi connectivity index (χ1n) is 5.77. The summed E-state index contributed by atoms with van der Waals surface area (Å²) in [4.78, 5) is 3.89. The highest BCUT2D eigenvalue weighted by molar-refractivity contribution is 9.10. The first-order valence-corrected chi connectivity index (χ1v) is 6.56. The predicted molar refractivity (Wildman–Crippen MR) is 75.8 cm³/mol. The summed E-state index contributed by atoms with van der Waals surface area (Å²) >= 11 is 3.40. The second kappa shape index (κ2) is 6.12. The molecular formula is C14H14BrFN2O. The molecule has 0 saturated heterocycles. The molecule has 2 aromatic rings. The molecule has 100 valence electrons. The van der Waals surface area contributed by atoms with Crippen molar-refractivity contribution in [3.63, 3.8) is 0 Å². The molecule has 5 heteroatoms. The Morgan fingerprint density at radius 2 is 2.11 bits per heavy atom. The average molecular weight is 325 g/mol. The Morgan fingerprint density at radius 3 is 2.74 bits per heavy atom. The van der Waals surface area contributed by atoms with E-state index in [0.717, 1.165) is 21.3 Å². The number of hydrogen-bond donors (Lipinski definition) is 1. The van der Waals surface area contributed by atoms with Crippen molar-refractivity contribution < 1.29 is 9.13 Å². The monoisotopic (exact) mass is 324 g/mol. The summed E-state index contributed by atoms with van der Waals surface area (Å²) in [5, 5.41) is 3.15. The quantitative estimate of drug-likeness (QED) is 0.937. The zero-order valence-corrected chi connectivity index (χ0v) is 12.2. The maximum absolute atomic E-state index is 13.3. The number of methoxy groups -OCH3 is 1. The molecule has 1 unspecified atom stereocenters. The molecule has 2 rings (SSSR count). The minimum absolute atomic E-state index is 0.175. The summed E-state index contributed by atoms with van der Waals surface area (Å²) in [6.07, 6.45) is 2.83. The third-order valence-electron chi connectivity index (χ3n) is 2.85. The van der Waals surface area contributed by atoms with Crippen LogP contribution in [0, 0.1) is 5.82 Å². The molecule has 19 heavy (non-hydrogen) atoms. The molecule has 1 aromatic carbocycles. The van der Waals surface area contributed by atoms with Crippen molar-refractivity contribution in [1.82, 2.24) is 10.3 Å². The lowest BCUT2D eigenvalue weighted by molar-refractivity contribution is 0.405. The third kappa shape index (κ3) is 3.11. The molecule has 1 atom stereocenters. The topological polar surface area (TPSA) is 34.2 Å². The van der Waals surface area contributed by atoms with Crippen LogP contribution in [0.25, 0.3) is 0 Å². The van der Waals surface area contributed by atoms with Gasteiger partial charge in [-0.1, -0.05) is 22.0 Å². The van der Waals surface area contributed by atoms with E-state index in [-0.39, 0.29) is 11.9 Å². The number of nitrogens with one attached hydrogen (secondary N) is 1. The van der Waals surface area contributed by atoms with Crippen LogP contribution in [0.2, 0.25) is 0 Å². The van der Waals surface area contributed by atoms with Gasteiger partial charge in [0, 0.05) is 16.2 Å². The Kier molecular flexibility index (Phi) is 4.50. The number of halogens is 2. The molecule has 0 aliphatic carbocycles. The Morgan fingerprint density at radius 1 is 1.32 bits per heavy atom. The summed E-state index contributed by atoms with van der Waals surface area (Å²) in [6.45, 7) is 0.